The van der Waals surface area contributed by atoms with Crippen molar-refractivity contribution in [1.82, 2.24) is 9.97 Å². The van der Waals surface area contributed by atoms with Gasteiger partial charge in [-0.3, -0.25) is 0 Å². The average Bonchev–Trinajstić information content (AvgIpc) is 2.16. The lowest BCUT2D eigenvalue weighted by Gasteiger charge is -2.24. The average molecular weight is 210 g/mol. The second-order valence-electron chi connectivity index (χ2n) is 4.32. The number of nitrogens with zero attached hydrogens (tertiary/aromatic N) is 2. The predicted octanol–water partition coefficient (Wildman–Crippen LogP) is 0.879. The number of anilines is 2. The van der Waals surface area contributed by atoms with E-state index in [0.29, 0.717) is 11.5 Å². The Morgan fingerprint density at radius 2 is 2.27 bits per heavy atom. The van der Waals surface area contributed by atoms with E-state index in [2.05, 4.69) is 29.1 Å². The molecule has 0 fully saturated rings. The van der Waals surface area contributed by atoms with Gasteiger partial charge in [0, 0.05) is 13.2 Å². The number of aliphatic hydroxyl groups excluding tert-OH is 1. The summed E-state index contributed by atoms with van der Waals surface area (Å²) >= 11 is 0. The summed E-state index contributed by atoms with van der Waals surface area (Å²) in [4.78, 5) is 7.84. The molecule has 15 heavy (non-hydrogen) atoms. The zero-order chi connectivity index (χ0) is 11.3. The van der Waals surface area contributed by atoms with E-state index < -0.39 is 0 Å². The van der Waals surface area contributed by atoms with Gasteiger partial charge in [0.1, 0.15) is 6.33 Å². The van der Waals surface area contributed by atoms with Crippen LogP contribution in [0.1, 0.15) is 20.3 Å². The van der Waals surface area contributed by atoms with Gasteiger partial charge in [0.15, 0.2) is 5.82 Å². The molecule has 0 amide bonds. The molecule has 0 bridgehead atoms. The Balaban J connectivity index is 2.53. The van der Waals surface area contributed by atoms with Crippen LogP contribution in [0.25, 0.3) is 0 Å². The molecule has 0 saturated carbocycles. The van der Waals surface area contributed by atoms with E-state index in [4.69, 9.17) is 10.8 Å². The highest BCUT2D eigenvalue weighted by Crippen LogP contribution is 2.21. The van der Waals surface area contributed by atoms with E-state index in [1.54, 1.807) is 6.20 Å². The highest BCUT2D eigenvalue weighted by molar-refractivity contribution is 5.58. The van der Waals surface area contributed by atoms with Crippen LogP contribution in [-0.4, -0.2) is 28.2 Å². The summed E-state index contributed by atoms with van der Waals surface area (Å²) in [5.41, 5.74) is 6.25. The zero-order valence-electron chi connectivity index (χ0n) is 9.20. The Morgan fingerprint density at radius 3 is 2.87 bits per heavy atom. The van der Waals surface area contributed by atoms with E-state index in [-0.39, 0.29) is 12.0 Å². The van der Waals surface area contributed by atoms with Gasteiger partial charge in [-0.25, -0.2) is 9.97 Å². The normalized spacial score (nSPS) is 11.4. The fourth-order valence-corrected chi connectivity index (χ4v) is 1.20. The molecule has 0 aliphatic rings. The van der Waals surface area contributed by atoms with Crippen molar-refractivity contribution in [3.8, 4) is 0 Å². The maximum Gasteiger partial charge on any atom is 0.152 e. The summed E-state index contributed by atoms with van der Waals surface area (Å²) in [5, 5.41) is 12.0. The zero-order valence-corrected chi connectivity index (χ0v) is 9.20. The molecule has 0 aliphatic carbocycles. The van der Waals surface area contributed by atoms with Gasteiger partial charge in [0.2, 0.25) is 0 Å². The smallest absolute Gasteiger partial charge is 0.152 e. The number of hydrogen-bond acceptors (Lipinski definition) is 5. The number of aromatic nitrogens is 2. The van der Waals surface area contributed by atoms with Gasteiger partial charge in [-0.15, -0.1) is 0 Å². The lowest BCUT2D eigenvalue weighted by Crippen LogP contribution is -2.25. The number of nitrogens with one attached hydrogen (secondary N) is 1. The van der Waals surface area contributed by atoms with Crippen molar-refractivity contribution in [3.05, 3.63) is 12.5 Å². The summed E-state index contributed by atoms with van der Waals surface area (Å²) in [7, 11) is 0. The van der Waals surface area contributed by atoms with E-state index in [1.807, 2.05) is 0 Å². The van der Waals surface area contributed by atoms with E-state index in [9.17, 15) is 0 Å². The van der Waals surface area contributed by atoms with Crippen LogP contribution >= 0.6 is 0 Å². The molecule has 0 atom stereocenters. The molecule has 0 saturated heterocycles. The molecule has 4 N–H and O–H groups in total. The van der Waals surface area contributed by atoms with E-state index >= 15 is 0 Å². The monoisotopic (exact) mass is 210 g/mol. The summed E-state index contributed by atoms with van der Waals surface area (Å²) in [6.07, 6.45) is 3.76. The highest BCUT2D eigenvalue weighted by Gasteiger charge is 2.17. The number of rotatable bonds is 5. The van der Waals surface area contributed by atoms with Crippen LogP contribution in [0.3, 0.4) is 0 Å². The third-order valence-electron chi connectivity index (χ3n) is 2.26. The SMILES string of the molecule is CC(C)(CCO)CNc1ncncc1N. The Labute approximate surface area is 89.7 Å². The molecular weight excluding hydrogens is 192 g/mol. The molecule has 1 rings (SSSR count). The summed E-state index contributed by atoms with van der Waals surface area (Å²) in [5.74, 6) is 0.649. The Kier molecular flexibility index (Phi) is 3.85. The molecule has 1 aromatic rings. The van der Waals surface area contributed by atoms with Crippen molar-refractivity contribution in [1.29, 1.82) is 0 Å². The first-order chi connectivity index (χ1) is 7.05. The van der Waals surface area contributed by atoms with Crippen LogP contribution in [0.2, 0.25) is 0 Å². The lowest BCUT2D eigenvalue weighted by molar-refractivity contribution is 0.220. The van der Waals surface area contributed by atoms with Crippen molar-refractivity contribution >= 4 is 11.5 Å². The van der Waals surface area contributed by atoms with Crippen molar-refractivity contribution < 1.29 is 5.11 Å². The fourth-order valence-electron chi connectivity index (χ4n) is 1.20. The molecular formula is C10H18N4O. The summed E-state index contributed by atoms with van der Waals surface area (Å²) in [6, 6.07) is 0. The maximum absolute atomic E-state index is 8.88. The highest BCUT2D eigenvalue weighted by atomic mass is 16.3. The second kappa shape index (κ2) is 4.93. The Bertz CT molecular complexity index is 314. The summed E-state index contributed by atoms with van der Waals surface area (Å²) in [6.45, 7) is 5.06. The van der Waals surface area contributed by atoms with Gasteiger partial charge in [0.05, 0.1) is 11.9 Å². The molecule has 1 heterocycles. The van der Waals surface area contributed by atoms with E-state index in [1.165, 1.54) is 6.33 Å². The fraction of sp³-hybridized carbons (Fsp3) is 0.600. The van der Waals surface area contributed by atoms with Crippen molar-refractivity contribution in [2.45, 2.75) is 20.3 Å². The molecule has 0 aliphatic heterocycles. The van der Waals surface area contributed by atoms with Gasteiger partial charge in [-0.05, 0) is 11.8 Å². The molecule has 84 valence electrons. The number of nitrogens with two attached hydrogens (primary N) is 1. The predicted molar refractivity (Wildman–Crippen MR) is 60.4 cm³/mol. The van der Waals surface area contributed by atoms with Gasteiger partial charge in [-0.1, -0.05) is 13.8 Å². The van der Waals surface area contributed by atoms with Gasteiger partial charge >= 0.3 is 0 Å². The molecule has 0 spiro atoms. The first-order valence-corrected chi connectivity index (χ1v) is 4.95. The quantitative estimate of drug-likeness (QED) is 0.672. The van der Waals surface area contributed by atoms with Crippen LogP contribution in [0.4, 0.5) is 11.5 Å². The third kappa shape index (κ3) is 3.71. The molecule has 0 radical (unpaired) electrons. The molecule has 5 nitrogen and oxygen atoms in total. The molecule has 5 heteroatoms. The minimum absolute atomic E-state index is 0.0200. The second-order valence-corrected chi connectivity index (χ2v) is 4.32. The van der Waals surface area contributed by atoms with Gasteiger partial charge in [-0.2, -0.15) is 0 Å². The maximum atomic E-state index is 8.88. The Morgan fingerprint density at radius 1 is 1.53 bits per heavy atom. The number of nitrogen functional groups attached to an aromatic ring is 1. The minimum Gasteiger partial charge on any atom is -0.396 e. The van der Waals surface area contributed by atoms with Crippen LogP contribution in [0.5, 0.6) is 0 Å². The van der Waals surface area contributed by atoms with Gasteiger partial charge in [0.25, 0.3) is 0 Å². The first kappa shape index (κ1) is 11.7. The topological polar surface area (TPSA) is 84.1 Å². The standard InChI is InChI=1S/C10H18N4O/c1-10(2,3-4-15)6-13-9-8(11)5-12-7-14-9/h5,7,15H,3-4,6,11H2,1-2H3,(H,12,13,14). The van der Waals surface area contributed by atoms with Crippen molar-refractivity contribution in [2.24, 2.45) is 5.41 Å². The van der Waals surface area contributed by atoms with Crippen LogP contribution in [0, 0.1) is 5.41 Å². The van der Waals surface area contributed by atoms with Crippen LogP contribution in [-0.2, 0) is 0 Å². The van der Waals surface area contributed by atoms with Crippen LogP contribution < -0.4 is 11.1 Å². The first-order valence-electron chi connectivity index (χ1n) is 4.95. The van der Waals surface area contributed by atoms with Gasteiger partial charge < -0.3 is 16.2 Å². The van der Waals surface area contributed by atoms with Crippen LogP contribution in [0.15, 0.2) is 12.5 Å². The van der Waals surface area contributed by atoms with E-state index in [0.717, 1.165) is 13.0 Å². The third-order valence-corrected chi connectivity index (χ3v) is 2.26. The minimum atomic E-state index is 0.0200. The molecule has 1 aromatic heterocycles. The lowest BCUT2D eigenvalue weighted by atomic mass is 9.90. The molecule has 0 aromatic carbocycles. The number of hydrogen-bond donors (Lipinski definition) is 3. The Hall–Kier alpha value is -1.36. The largest absolute Gasteiger partial charge is 0.396 e. The summed E-state index contributed by atoms with van der Waals surface area (Å²) < 4.78 is 0. The molecule has 0 unspecified atom stereocenters. The van der Waals surface area contributed by atoms with Crippen molar-refractivity contribution in [3.63, 3.8) is 0 Å². The number of aliphatic hydroxyl groups is 1. The van der Waals surface area contributed by atoms with Crippen molar-refractivity contribution in [2.75, 3.05) is 24.2 Å².